The van der Waals surface area contributed by atoms with Crippen LogP contribution in [0.4, 0.5) is 17.1 Å². The lowest BCUT2D eigenvalue weighted by Gasteiger charge is -2.32. The summed E-state index contributed by atoms with van der Waals surface area (Å²) < 4.78 is 13.4. The lowest BCUT2D eigenvalue weighted by atomic mass is 9.97. The molecule has 214 valence electrons. The van der Waals surface area contributed by atoms with Crippen LogP contribution in [0.2, 0.25) is 0 Å². The number of benzene rings is 1. The Bertz CT molecular complexity index is 1510. The van der Waals surface area contributed by atoms with Gasteiger partial charge in [0.25, 0.3) is 5.91 Å². The number of guanidine groups is 1. The largest absolute Gasteiger partial charge is 0.477 e. The number of carbonyl (C=O) groups is 1. The number of aromatic nitrogens is 3. The van der Waals surface area contributed by atoms with Crippen molar-refractivity contribution in [3.05, 3.63) is 47.8 Å². The van der Waals surface area contributed by atoms with Crippen molar-refractivity contribution >= 4 is 28.9 Å². The van der Waals surface area contributed by atoms with Crippen LogP contribution in [0.25, 0.3) is 11.3 Å². The predicted molar refractivity (Wildman–Crippen MR) is 159 cm³/mol. The van der Waals surface area contributed by atoms with E-state index in [1.54, 1.807) is 23.0 Å². The molecule has 1 aliphatic carbocycles. The maximum Gasteiger partial charge on any atom is 0.280 e. The molecule has 7 rings (SSSR count). The number of nitrogens with one attached hydrogen (secondary N) is 2. The summed E-state index contributed by atoms with van der Waals surface area (Å²) in [5, 5.41) is 11.5. The number of anilines is 3. The predicted octanol–water partition coefficient (Wildman–Crippen LogP) is 4.86. The van der Waals surface area contributed by atoms with Gasteiger partial charge in [-0.25, -0.2) is 4.68 Å². The first kappa shape index (κ1) is 26.0. The minimum Gasteiger partial charge on any atom is -0.477 e. The molecule has 10 nitrogen and oxygen atoms in total. The Balaban J connectivity index is 1.25. The van der Waals surface area contributed by atoms with Crippen LogP contribution >= 0.6 is 0 Å². The van der Waals surface area contributed by atoms with Gasteiger partial charge >= 0.3 is 0 Å². The third-order valence-corrected chi connectivity index (χ3v) is 8.79. The van der Waals surface area contributed by atoms with E-state index in [1.807, 2.05) is 14.0 Å². The average molecular weight is 556 g/mol. The number of nitrogens with zero attached hydrogens (tertiary/aromatic N) is 5. The van der Waals surface area contributed by atoms with Crippen molar-refractivity contribution in [1.29, 1.82) is 0 Å². The molecule has 2 N–H and O–H groups in total. The van der Waals surface area contributed by atoms with Crippen molar-refractivity contribution < 1.29 is 14.3 Å². The van der Waals surface area contributed by atoms with Gasteiger partial charge in [0.15, 0.2) is 0 Å². The van der Waals surface area contributed by atoms with Crippen LogP contribution in [0.3, 0.4) is 0 Å². The van der Waals surface area contributed by atoms with Crippen molar-refractivity contribution in [3.63, 3.8) is 0 Å². The normalized spacial score (nSPS) is 22.9. The number of carbonyl (C=O) groups excluding carboxylic acids is 1. The van der Waals surface area contributed by atoms with Crippen molar-refractivity contribution in [1.82, 2.24) is 14.8 Å². The Morgan fingerprint density at radius 2 is 1.98 bits per heavy atom. The number of aliphatic imine (C=N–C) groups is 1. The first-order chi connectivity index (χ1) is 19.9. The molecule has 41 heavy (non-hydrogen) atoms. The first-order valence-electron chi connectivity index (χ1n) is 14.7. The Kier molecular flexibility index (Phi) is 6.65. The quantitative estimate of drug-likeness (QED) is 0.470. The minimum atomic E-state index is -0.307. The fourth-order valence-electron chi connectivity index (χ4n) is 6.12. The molecule has 1 amide bonds. The van der Waals surface area contributed by atoms with Crippen LogP contribution in [0.5, 0.6) is 5.88 Å². The summed E-state index contributed by atoms with van der Waals surface area (Å²) in [5.41, 5.74) is 5.72. The van der Waals surface area contributed by atoms with Gasteiger partial charge in [-0.2, -0.15) is 10.1 Å². The van der Waals surface area contributed by atoms with E-state index in [4.69, 9.17) is 14.5 Å². The molecule has 2 atom stereocenters. The fraction of sp³-hybridized carbons (Fsp3) is 0.484. The number of aryl methyl sites for hydroxylation is 2. The summed E-state index contributed by atoms with van der Waals surface area (Å²) in [7, 11) is 1.87. The Labute approximate surface area is 240 Å². The zero-order valence-corrected chi connectivity index (χ0v) is 23.9. The van der Waals surface area contributed by atoms with Gasteiger partial charge in [-0.3, -0.25) is 9.78 Å². The standard InChI is InChI=1S/C31H37N7O3/c1-18-11-22-12-26(33-18)25-14-32-37(3)30(25)41-10-4-5-21(20-6-7-20)15-38-28-9-8-24(34-19(2)23-16-40-17-23)13-27(28)35-31(38)36-29(22)39/h8-9,11-14,19-21,23,34H,4-7,10,15-17H2,1-3H3,(H,35,36,39). The lowest BCUT2D eigenvalue weighted by Crippen LogP contribution is -2.40. The van der Waals surface area contributed by atoms with E-state index >= 15 is 0 Å². The number of hydrogen-bond acceptors (Lipinski definition) is 8. The molecule has 1 aromatic carbocycles. The molecule has 3 aliphatic heterocycles. The maximum absolute atomic E-state index is 13.7. The molecule has 0 spiro atoms. The zero-order valence-electron chi connectivity index (χ0n) is 23.9. The highest BCUT2D eigenvalue weighted by atomic mass is 16.5. The zero-order chi connectivity index (χ0) is 28.1. The highest BCUT2D eigenvalue weighted by Crippen LogP contribution is 2.43. The Hall–Kier alpha value is -3.92. The molecule has 2 unspecified atom stereocenters. The third kappa shape index (κ3) is 5.16. The molecule has 1 saturated carbocycles. The summed E-state index contributed by atoms with van der Waals surface area (Å²) in [6, 6.07) is 10.3. The van der Waals surface area contributed by atoms with E-state index in [1.165, 1.54) is 12.8 Å². The number of fused-ring (bicyclic) bond motifs is 7. The van der Waals surface area contributed by atoms with Crippen LogP contribution in [0.1, 0.15) is 48.7 Å². The van der Waals surface area contributed by atoms with Gasteiger partial charge in [0.2, 0.25) is 11.8 Å². The van der Waals surface area contributed by atoms with Crippen LogP contribution in [0.15, 0.2) is 41.5 Å². The lowest BCUT2D eigenvalue weighted by molar-refractivity contribution is -0.0379. The van der Waals surface area contributed by atoms with E-state index in [2.05, 4.69) is 50.7 Å². The van der Waals surface area contributed by atoms with E-state index < -0.39 is 0 Å². The number of ether oxygens (including phenoxy) is 2. The molecule has 10 heteroatoms. The smallest absolute Gasteiger partial charge is 0.280 e. The van der Waals surface area contributed by atoms with Crippen LogP contribution in [-0.2, 0) is 11.8 Å². The van der Waals surface area contributed by atoms with Gasteiger partial charge in [-0.05, 0) is 81.7 Å². The second kappa shape index (κ2) is 10.5. The fourth-order valence-corrected chi connectivity index (χ4v) is 6.12. The third-order valence-electron chi connectivity index (χ3n) is 8.79. The van der Waals surface area contributed by atoms with Crippen molar-refractivity contribution in [3.8, 4) is 17.1 Å². The molecule has 3 aromatic rings. The molecule has 1 saturated heterocycles. The van der Waals surface area contributed by atoms with E-state index in [0.29, 0.717) is 53.5 Å². The first-order valence-corrected chi connectivity index (χ1v) is 14.7. The van der Waals surface area contributed by atoms with E-state index in [9.17, 15) is 4.79 Å². The van der Waals surface area contributed by atoms with Crippen LogP contribution in [-0.4, -0.2) is 59.0 Å². The molecule has 5 heterocycles. The molecule has 4 aliphatic rings. The van der Waals surface area contributed by atoms with E-state index in [-0.39, 0.29) is 5.91 Å². The van der Waals surface area contributed by atoms with Crippen molar-refractivity contribution in [2.24, 2.45) is 29.8 Å². The second-order valence-electron chi connectivity index (χ2n) is 11.9. The molecule has 2 aromatic heterocycles. The highest BCUT2D eigenvalue weighted by molar-refractivity contribution is 6.19. The second-order valence-corrected chi connectivity index (χ2v) is 11.9. The number of amides is 1. The molecule has 2 bridgehead atoms. The van der Waals surface area contributed by atoms with Crippen molar-refractivity contribution in [2.75, 3.05) is 41.9 Å². The summed E-state index contributed by atoms with van der Waals surface area (Å²) in [4.78, 5) is 25.3. The molecule has 2 fully saturated rings. The summed E-state index contributed by atoms with van der Waals surface area (Å²) >= 11 is 0. The van der Waals surface area contributed by atoms with Gasteiger partial charge in [0.1, 0.15) is 0 Å². The molecule has 0 radical (unpaired) electrons. The molecular weight excluding hydrogens is 518 g/mol. The summed E-state index contributed by atoms with van der Waals surface area (Å²) in [6.45, 7) is 7.09. The molecular formula is C31H37N7O3. The number of hydrogen-bond donors (Lipinski definition) is 2. The Morgan fingerprint density at radius 3 is 2.76 bits per heavy atom. The van der Waals surface area contributed by atoms with Crippen LogP contribution in [0, 0.1) is 24.7 Å². The SMILES string of the molecule is Cc1cc2cc(n1)-c1cnn(C)c1OCCCC(C1CC1)CN1/C(=N/C2=O)Nc2cc(NC(C)C3COC3)ccc21. The van der Waals surface area contributed by atoms with Gasteiger partial charge in [-0.1, -0.05) is 0 Å². The van der Waals surface area contributed by atoms with Gasteiger partial charge in [0.05, 0.1) is 48.6 Å². The highest BCUT2D eigenvalue weighted by Gasteiger charge is 2.36. The van der Waals surface area contributed by atoms with Gasteiger partial charge < -0.3 is 25.0 Å². The van der Waals surface area contributed by atoms with Crippen molar-refractivity contribution in [2.45, 2.75) is 45.6 Å². The van der Waals surface area contributed by atoms with E-state index in [0.717, 1.165) is 60.9 Å². The Morgan fingerprint density at radius 1 is 1.12 bits per heavy atom. The number of pyridine rings is 1. The van der Waals surface area contributed by atoms with Gasteiger partial charge in [0, 0.05) is 42.5 Å². The summed E-state index contributed by atoms with van der Waals surface area (Å²) in [6.07, 6.45) is 6.22. The van der Waals surface area contributed by atoms with Gasteiger partial charge in [-0.15, -0.1) is 0 Å². The average Bonchev–Trinajstić information content (AvgIpc) is 3.61. The monoisotopic (exact) mass is 555 g/mol. The maximum atomic E-state index is 13.7. The topological polar surface area (TPSA) is 106 Å². The number of rotatable bonds is 4. The summed E-state index contributed by atoms with van der Waals surface area (Å²) in [5.74, 6) is 2.63. The minimum absolute atomic E-state index is 0.307. The van der Waals surface area contributed by atoms with Crippen LogP contribution < -0.4 is 20.3 Å².